The van der Waals surface area contributed by atoms with Crippen molar-refractivity contribution in [1.29, 1.82) is 0 Å². The minimum Gasteiger partial charge on any atom is -0.326 e. The third-order valence-electron chi connectivity index (χ3n) is 5.44. The molecule has 1 aliphatic carbocycles. The van der Waals surface area contributed by atoms with Crippen molar-refractivity contribution in [1.82, 2.24) is 4.98 Å². The summed E-state index contributed by atoms with van der Waals surface area (Å²) in [6.45, 7) is 3.01. The van der Waals surface area contributed by atoms with Crippen molar-refractivity contribution in [3.8, 4) is 0 Å². The third-order valence-corrected chi connectivity index (χ3v) is 7.15. The maximum atomic E-state index is 13.9. The van der Waals surface area contributed by atoms with E-state index in [-0.39, 0.29) is 22.1 Å². The van der Waals surface area contributed by atoms with Crippen molar-refractivity contribution in [2.24, 2.45) is 5.92 Å². The molecule has 2 atom stereocenters. The van der Waals surface area contributed by atoms with Gasteiger partial charge in [-0.1, -0.05) is 41.4 Å². The molecule has 3 aromatic rings. The van der Waals surface area contributed by atoms with Crippen LogP contribution in [0, 0.1) is 11.9 Å². The molecule has 0 aliphatic heterocycles. The summed E-state index contributed by atoms with van der Waals surface area (Å²) in [6, 6.07) is 11.3. The maximum Gasteiger partial charge on any atom is 0.258 e. The largest absolute Gasteiger partial charge is 0.326 e. The summed E-state index contributed by atoms with van der Waals surface area (Å²) < 4.78 is 25.7. The van der Waals surface area contributed by atoms with E-state index in [0.29, 0.717) is 15.6 Å². The number of aromatic nitrogens is 1. The molecule has 0 radical (unpaired) electrons. The number of alkyl halides is 2. The van der Waals surface area contributed by atoms with E-state index in [1.54, 1.807) is 18.2 Å². The van der Waals surface area contributed by atoms with Crippen LogP contribution < -0.4 is 10.6 Å². The Bertz CT molecular complexity index is 1400. The molecule has 36 heavy (non-hydrogen) atoms. The molecule has 12 heteroatoms. The number of carbonyl (C=O) groups excluding carboxylic acids is 2. The molecule has 0 saturated heterocycles. The van der Waals surface area contributed by atoms with Crippen molar-refractivity contribution in [3.05, 3.63) is 92.8 Å². The minimum atomic E-state index is -1.39. The van der Waals surface area contributed by atoms with Gasteiger partial charge in [-0.25, -0.2) is 9.37 Å². The number of hydrogen-bond donors (Lipinski definition) is 2. The lowest BCUT2D eigenvalue weighted by atomic mass is 10.1. The number of anilines is 2. The Kier molecular flexibility index (Phi) is 7.51. The maximum absolute atomic E-state index is 13.9. The Hall–Kier alpha value is -2.42. The fraction of sp³-hybridized carbons (Fsp3) is 0.125. The van der Waals surface area contributed by atoms with E-state index in [0.717, 1.165) is 6.07 Å². The number of pyridine rings is 1. The molecule has 1 aliphatic rings. The molecule has 0 spiro atoms. The van der Waals surface area contributed by atoms with Crippen LogP contribution in [-0.4, -0.2) is 21.1 Å². The van der Waals surface area contributed by atoms with E-state index in [9.17, 15) is 18.4 Å². The molecule has 0 bridgehead atoms. The number of benzene rings is 2. The summed E-state index contributed by atoms with van der Waals surface area (Å²) in [4.78, 5) is 29.2. The monoisotopic (exact) mass is 589 g/mol. The van der Waals surface area contributed by atoms with Gasteiger partial charge >= 0.3 is 0 Å². The summed E-state index contributed by atoms with van der Waals surface area (Å²) in [5.74, 6) is -4.94. The van der Waals surface area contributed by atoms with Gasteiger partial charge in [0.2, 0.25) is 11.9 Å². The number of rotatable bonds is 6. The zero-order valence-electron chi connectivity index (χ0n) is 17.9. The van der Waals surface area contributed by atoms with Gasteiger partial charge in [-0.2, -0.15) is 4.39 Å². The van der Waals surface area contributed by atoms with Crippen molar-refractivity contribution < 1.29 is 18.4 Å². The highest BCUT2D eigenvalue weighted by Gasteiger charge is 2.67. The zero-order valence-corrected chi connectivity index (χ0v) is 21.7. The molecule has 5 nitrogen and oxygen atoms in total. The van der Waals surface area contributed by atoms with E-state index in [1.165, 1.54) is 24.3 Å². The summed E-state index contributed by atoms with van der Waals surface area (Å²) in [5, 5.41) is 5.84. The van der Waals surface area contributed by atoms with Crippen LogP contribution in [-0.2, 0) is 4.79 Å². The lowest BCUT2D eigenvalue weighted by Gasteiger charge is -2.10. The molecule has 2 unspecified atom stereocenters. The Morgan fingerprint density at radius 2 is 1.61 bits per heavy atom. The van der Waals surface area contributed by atoms with Gasteiger partial charge in [0.25, 0.3) is 5.91 Å². The van der Waals surface area contributed by atoms with Crippen molar-refractivity contribution in [2.75, 3.05) is 10.6 Å². The standard InChI is InChI=1S/C24H14Cl5F2N3O2/c1-10(30)15-3-5-18(33-21(15)31)34-22(35)16-9-14(2-4-17(16)27)32-23(36)20-19(24(20,28)29)11-6-12(25)8-13(26)7-11/h2-9,19-20H,1H2,(H,32,36)(H,33,34,35). The number of nitrogens with one attached hydrogen (secondary N) is 2. The first-order valence-electron chi connectivity index (χ1n) is 10.2. The van der Waals surface area contributed by atoms with Gasteiger partial charge < -0.3 is 10.6 Å². The van der Waals surface area contributed by atoms with Gasteiger partial charge in [0, 0.05) is 21.7 Å². The molecule has 1 fully saturated rings. The summed E-state index contributed by atoms with van der Waals surface area (Å²) in [5.41, 5.74) is 0.379. The number of halogens is 7. The second-order valence-electron chi connectivity index (χ2n) is 7.91. The summed E-state index contributed by atoms with van der Waals surface area (Å²) >= 11 is 31.0. The molecule has 2 aromatic carbocycles. The van der Waals surface area contributed by atoms with Crippen LogP contribution in [0.1, 0.15) is 27.4 Å². The average molecular weight is 592 g/mol. The Balaban J connectivity index is 1.50. The van der Waals surface area contributed by atoms with E-state index in [1.807, 2.05) is 0 Å². The predicted octanol–water partition coefficient (Wildman–Crippen LogP) is 7.90. The SMILES string of the molecule is C=C(F)c1ccc(NC(=O)c2cc(NC(=O)C3C(c4cc(Cl)cc(Cl)c4)C3(Cl)Cl)ccc2Cl)nc1F. The van der Waals surface area contributed by atoms with Crippen LogP contribution in [0.15, 0.2) is 55.1 Å². The van der Waals surface area contributed by atoms with Crippen LogP contribution in [0.2, 0.25) is 15.1 Å². The van der Waals surface area contributed by atoms with Crippen LogP contribution in [0.25, 0.3) is 5.83 Å². The number of amides is 2. The highest BCUT2D eigenvalue weighted by atomic mass is 35.5. The first-order valence-corrected chi connectivity index (χ1v) is 12.0. The van der Waals surface area contributed by atoms with Gasteiger partial charge in [-0.15, -0.1) is 23.2 Å². The zero-order chi connectivity index (χ0) is 26.4. The normalized spacial score (nSPS) is 17.9. The fourth-order valence-electron chi connectivity index (χ4n) is 3.71. The number of nitrogens with zero attached hydrogens (tertiary/aromatic N) is 1. The van der Waals surface area contributed by atoms with Crippen LogP contribution in [0.3, 0.4) is 0 Å². The van der Waals surface area contributed by atoms with Crippen LogP contribution in [0.5, 0.6) is 0 Å². The van der Waals surface area contributed by atoms with Crippen molar-refractivity contribution >= 4 is 87.2 Å². The molecular weight excluding hydrogens is 578 g/mol. The highest BCUT2D eigenvalue weighted by Crippen LogP contribution is 2.65. The predicted molar refractivity (Wildman–Crippen MR) is 140 cm³/mol. The van der Waals surface area contributed by atoms with Gasteiger partial charge in [-0.3, -0.25) is 9.59 Å². The molecule has 2 amide bonds. The molecule has 1 saturated carbocycles. The molecule has 2 N–H and O–H groups in total. The molecule has 1 heterocycles. The van der Waals surface area contributed by atoms with Crippen molar-refractivity contribution in [3.63, 3.8) is 0 Å². The topological polar surface area (TPSA) is 71.1 Å². The number of carbonyl (C=O) groups is 2. The second-order valence-corrected chi connectivity index (χ2v) is 10.6. The lowest BCUT2D eigenvalue weighted by molar-refractivity contribution is -0.117. The second kappa shape index (κ2) is 10.1. The highest BCUT2D eigenvalue weighted by molar-refractivity contribution is 6.53. The molecule has 186 valence electrons. The first kappa shape index (κ1) is 26.6. The van der Waals surface area contributed by atoms with Gasteiger partial charge in [0.1, 0.15) is 16.0 Å². The van der Waals surface area contributed by atoms with E-state index >= 15 is 0 Å². The quantitative estimate of drug-likeness (QED) is 0.226. The molecule has 1 aromatic heterocycles. The van der Waals surface area contributed by atoms with Crippen LogP contribution in [0.4, 0.5) is 20.3 Å². The molecule has 4 rings (SSSR count). The van der Waals surface area contributed by atoms with E-state index in [4.69, 9.17) is 58.0 Å². The van der Waals surface area contributed by atoms with Crippen LogP contribution >= 0.6 is 58.0 Å². The van der Waals surface area contributed by atoms with Gasteiger partial charge in [0.05, 0.1) is 22.1 Å². The number of hydrogen-bond acceptors (Lipinski definition) is 3. The Morgan fingerprint density at radius 1 is 0.944 bits per heavy atom. The fourth-order valence-corrected chi connectivity index (χ4v) is 5.28. The minimum absolute atomic E-state index is 0.0346. The smallest absolute Gasteiger partial charge is 0.258 e. The Labute approximate surface area is 229 Å². The summed E-state index contributed by atoms with van der Waals surface area (Å²) in [6.07, 6.45) is 0. The van der Waals surface area contributed by atoms with E-state index in [2.05, 4.69) is 22.2 Å². The van der Waals surface area contributed by atoms with Crippen molar-refractivity contribution in [2.45, 2.75) is 10.3 Å². The van der Waals surface area contributed by atoms with Gasteiger partial charge in [-0.05, 0) is 54.1 Å². The summed E-state index contributed by atoms with van der Waals surface area (Å²) in [7, 11) is 0. The van der Waals surface area contributed by atoms with Gasteiger partial charge in [0.15, 0.2) is 0 Å². The average Bonchev–Trinajstić information content (AvgIpc) is 3.36. The Morgan fingerprint density at radius 3 is 2.22 bits per heavy atom. The third kappa shape index (κ3) is 5.45. The molecular formula is C24H14Cl5F2N3O2. The lowest BCUT2D eigenvalue weighted by Crippen LogP contribution is -2.18. The van der Waals surface area contributed by atoms with E-state index < -0.39 is 45.3 Å². The first-order chi connectivity index (χ1) is 16.9.